The molecule has 0 amide bonds. The second-order valence-corrected chi connectivity index (χ2v) is 5.56. The van der Waals surface area contributed by atoms with Crippen LogP contribution in [0.15, 0.2) is 0 Å². The van der Waals surface area contributed by atoms with Crippen molar-refractivity contribution >= 4 is 16.5 Å². The van der Waals surface area contributed by atoms with Gasteiger partial charge in [0, 0.05) is 35.0 Å². The predicted molar refractivity (Wildman–Crippen MR) is 56.5 cm³/mol. The first-order valence-corrected chi connectivity index (χ1v) is 6.95. The fourth-order valence-corrected chi connectivity index (χ4v) is 1.66. The van der Waals surface area contributed by atoms with Crippen LogP contribution in [0.3, 0.4) is 0 Å². The van der Waals surface area contributed by atoms with E-state index in [0.29, 0.717) is 6.10 Å². The molecule has 0 saturated heterocycles. The van der Waals surface area contributed by atoms with E-state index in [1.807, 2.05) is 13.8 Å². The summed E-state index contributed by atoms with van der Waals surface area (Å²) >= 11 is 0. The molecule has 0 saturated carbocycles. The second-order valence-electron chi connectivity index (χ2n) is 2.55. The molecule has 0 radical (unpaired) electrons. The summed E-state index contributed by atoms with van der Waals surface area (Å²) in [6.07, 6.45) is 0.647. The van der Waals surface area contributed by atoms with Crippen molar-refractivity contribution in [2.24, 2.45) is 0 Å². The molecular weight excluding hydrogens is 278 g/mol. The Morgan fingerprint density at radius 2 is 1.60 bits per heavy atom. The zero-order chi connectivity index (χ0) is 11.8. The molecule has 9 heteroatoms. The van der Waals surface area contributed by atoms with E-state index in [-0.39, 0.29) is 27.9 Å². The van der Waals surface area contributed by atoms with Crippen molar-refractivity contribution in [1.29, 1.82) is 0 Å². The van der Waals surface area contributed by atoms with E-state index in [4.69, 9.17) is 24.3 Å². The molecular formula is C6H19O6P2Ti+. The van der Waals surface area contributed by atoms with Crippen LogP contribution in [-0.2, 0) is 30.8 Å². The summed E-state index contributed by atoms with van der Waals surface area (Å²) in [6, 6.07) is 0. The van der Waals surface area contributed by atoms with Crippen LogP contribution in [-0.4, -0.2) is 38.9 Å². The maximum Gasteiger partial charge on any atom is 0.572 e. The molecule has 1 atom stereocenters. The fourth-order valence-electron chi connectivity index (χ4n) is 0.184. The van der Waals surface area contributed by atoms with Gasteiger partial charge in [0.2, 0.25) is 8.38 Å². The van der Waals surface area contributed by atoms with E-state index < -0.39 is 16.5 Å². The van der Waals surface area contributed by atoms with Gasteiger partial charge in [0.25, 0.3) is 0 Å². The molecule has 0 aromatic rings. The molecule has 0 rings (SSSR count). The third-order valence-corrected chi connectivity index (χ3v) is 3.12. The van der Waals surface area contributed by atoms with Gasteiger partial charge in [0.1, 0.15) is 0 Å². The standard InChI is InChI=1S/C4H10O.C2H9O5P2.Ti/c1-4(2)5-3;1-2-8(3)7-9(4,5)6;/h4H,1-3H3;3-6H,2H2,1H3;/q;+1;. The average molecular weight is 297 g/mol. The summed E-state index contributed by atoms with van der Waals surface area (Å²) in [5.74, 6) is 0. The van der Waals surface area contributed by atoms with Gasteiger partial charge in [0.15, 0.2) is 0 Å². The molecule has 0 fully saturated rings. The van der Waals surface area contributed by atoms with Gasteiger partial charge in [-0.1, -0.05) is 6.92 Å². The summed E-state index contributed by atoms with van der Waals surface area (Å²) in [4.78, 5) is 33.1. The van der Waals surface area contributed by atoms with Gasteiger partial charge in [-0.05, 0) is 13.8 Å². The fraction of sp³-hybridized carbons (Fsp3) is 1.00. The number of ether oxygens (including phenoxy) is 1. The number of rotatable bonds is 4. The zero-order valence-corrected chi connectivity index (χ0v) is 12.6. The maximum atomic E-state index is 8.58. The number of methoxy groups -OCH3 is 1. The molecule has 0 heterocycles. The van der Waals surface area contributed by atoms with Gasteiger partial charge in [-0.15, -0.1) is 4.31 Å². The third kappa shape index (κ3) is 25.5. The van der Waals surface area contributed by atoms with Crippen molar-refractivity contribution in [3.05, 3.63) is 0 Å². The molecule has 4 N–H and O–H groups in total. The Labute approximate surface area is 107 Å². The normalized spacial score (nSPS) is 12.6. The summed E-state index contributed by atoms with van der Waals surface area (Å²) in [7, 11) is -4.38. The predicted octanol–water partition coefficient (Wildman–Crippen LogP) is 1.02. The summed E-state index contributed by atoms with van der Waals surface area (Å²) in [5, 5.41) is 0. The first kappa shape index (κ1) is 21.6. The van der Waals surface area contributed by atoms with Gasteiger partial charge in [-0.3, -0.25) is 0 Å². The van der Waals surface area contributed by atoms with E-state index in [0.717, 1.165) is 0 Å². The van der Waals surface area contributed by atoms with Crippen molar-refractivity contribution in [3.63, 3.8) is 0 Å². The van der Waals surface area contributed by atoms with Crippen molar-refractivity contribution in [2.45, 2.75) is 26.9 Å². The summed E-state index contributed by atoms with van der Waals surface area (Å²) < 4.78 is 8.73. The van der Waals surface area contributed by atoms with Crippen LogP contribution in [0.25, 0.3) is 0 Å². The van der Waals surface area contributed by atoms with E-state index in [9.17, 15) is 0 Å². The Morgan fingerprint density at radius 3 is 1.67 bits per heavy atom. The Balaban J connectivity index is -0.000000208. The minimum absolute atomic E-state index is 0. The third-order valence-electron chi connectivity index (χ3n) is 0.946. The topological polar surface area (TPSA) is 99.4 Å². The monoisotopic (exact) mass is 297 g/mol. The van der Waals surface area contributed by atoms with Gasteiger partial charge < -0.3 is 9.63 Å². The molecule has 0 aromatic carbocycles. The summed E-state index contributed by atoms with van der Waals surface area (Å²) in [5.41, 5.74) is 0. The minimum atomic E-state index is -4.21. The van der Waals surface area contributed by atoms with Gasteiger partial charge in [-0.2, -0.15) is 14.7 Å². The molecule has 0 aliphatic rings. The Kier molecular flexibility index (Phi) is 17.0. The second kappa shape index (κ2) is 11.8. The Hall–Kier alpha value is 1.33. The van der Waals surface area contributed by atoms with Crippen molar-refractivity contribution < 1.29 is 50.3 Å². The first-order valence-electron chi connectivity index (χ1n) is 3.99. The summed E-state index contributed by atoms with van der Waals surface area (Å²) in [6.45, 7) is 5.60. The number of hydrogen-bond donors (Lipinski definition) is 4. The van der Waals surface area contributed by atoms with E-state index in [1.165, 1.54) is 0 Å². The largest absolute Gasteiger partial charge is 0.572 e. The first-order chi connectivity index (χ1) is 6.22. The molecule has 6 nitrogen and oxygen atoms in total. The molecule has 0 aliphatic carbocycles. The number of hydrogen-bond acceptors (Lipinski definition) is 6. The zero-order valence-electron chi connectivity index (χ0n) is 9.28. The molecule has 92 valence electrons. The van der Waals surface area contributed by atoms with Crippen LogP contribution in [0.4, 0.5) is 0 Å². The van der Waals surface area contributed by atoms with Crippen LogP contribution >= 0.6 is 16.5 Å². The van der Waals surface area contributed by atoms with Crippen LogP contribution < -0.4 is 0 Å². The molecule has 1 unspecified atom stereocenters. The molecule has 0 aromatic heterocycles. The van der Waals surface area contributed by atoms with Crippen molar-refractivity contribution in [1.82, 2.24) is 0 Å². The minimum Gasteiger partial charge on any atom is -0.382 e. The van der Waals surface area contributed by atoms with Crippen molar-refractivity contribution in [2.75, 3.05) is 13.3 Å². The van der Waals surface area contributed by atoms with Crippen LogP contribution in [0.5, 0.6) is 0 Å². The molecule has 0 bridgehead atoms. The van der Waals surface area contributed by atoms with E-state index in [1.54, 1.807) is 14.0 Å². The van der Waals surface area contributed by atoms with Gasteiger partial charge in [0.05, 0.1) is 6.10 Å². The van der Waals surface area contributed by atoms with Crippen LogP contribution in [0.1, 0.15) is 20.8 Å². The molecule has 0 aliphatic heterocycles. The molecule has 0 spiro atoms. The van der Waals surface area contributed by atoms with Gasteiger partial charge >= 0.3 is 8.17 Å². The smallest absolute Gasteiger partial charge is 0.382 e. The van der Waals surface area contributed by atoms with Crippen LogP contribution in [0, 0.1) is 0 Å². The SMILES string of the molecule is CCP(O)O[P+](O)(O)O.COC(C)C.[Ti]. The van der Waals surface area contributed by atoms with E-state index >= 15 is 0 Å². The van der Waals surface area contributed by atoms with Crippen LogP contribution in [0.2, 0.25) is 0 Å². The van der Waals surface area contributed by atoms with E-state index in [2.05, 4.69) is 4.31 Å². The molecule has 15 heavy (non-hydrogen) atoms. The Morgan fingerprint density at radius 1 is 1.27 bits per heavy atom. The Bertz CT molecular complexity index is 131. The maximum absolute atomic E-state index is 8.58. The average Bonchev–Trinajstić information content (AvgIpc) is 2.02. The van der Waals surface area contributed by atoms with Gasteiger partial charge in [-0.25, -0.2) is 0 Å². The quantitative estimate of drug-likeness (QED) is 0.457. The van der Waals surface area contributed by atoms with Crippen molar-refractivity contribution in [3.8, 4) is 0 Å².